The minimum atomic E-state index is -2.92. The molecule has 0 radical (unpaired) electrons. The summed E-state index contributed by atoms with van der Waals surface area (Å²) in [5.74, 6) is 0.385. The predicted molar refractivity (Wildman–Crippen MR) is 75.5 cm³/mol. The molecule has 4 heteroatoms. The molecule has 0 aromatic heterocycles. The molecule has 3 nitrogen and oxygen atoms in total. The summed E-state index contributed by atoms with van der Waals surface area (Å²) in [6.45, 7) is 1.67. The molecule has 0 heterocycles. The highest BCUT2D eigenvalue weighted by atomic mass is 32.2. The van der Waals surface area contributed by atoms with Crippen molar-refractivity contribution in [1.82, 2.24) is 0 Å². The maximum Gasteiger partial charge on any atom is 0.150 e. The number of rotatable bonds is 5. The van der Waals surface area contributed by atoms with Gasteiger partial charge in [-0.25, -0.2) is 8.42 Å². The second kappa shape index (κ2) is 5.34. The minimum Gasteiger partial charge on any atom is -0.229 e. The van der Waals surface area contributed by atoms with Crippen LogP contribution in [-0.2, 0) is 22.7 Å². The van der Waals surface area contributed by atoms with Gasteiger partial charge in [0.05, 0.1) is 17.2 Å². The van der Waals surface area contributed by atoms with E-state index in [1.807, 2.05) is 12.1 Å². The van der Waals surface area contributed by atoms with Gasteiger partial charge < -0.3 is 0 Å². The standard InChI is InChI=1S/C15H19NO2S/c1-2-19(17,18)9-5-8-15(12-16)10-13-6-3-4-7-14(13)11-15/h3-4,6-7H,2,5,8-11H2,1H3. The SMILES string of the molecule is CCS(=O)(=O)CCCC1(C#N)Cc2ccccc2C1. The molecule has 0 fully saturated rings. The Bertz CT molecular complexity index is 574. The molecule has 0 N–H and O–H groups in total. The van der Waals surface area contributed by atoms with Gasteiger partial charge in [-0.2, -0.15) is 5.26 Å². The third-order valence-corrected chi connectivity index (χ3v) is 5.75. The average Bonchev–Trinajstić information content (AvgIpc) is 2.77. The summed E-state index contributed by atoms with van der Waals surface area (Å²) in [5.41, 5.74) is 2.08. The van der Waals surface area contributed by atoms with Crippen LogP contribution in [0.1, 0.15) is 30.9 Å². The van der Waals surface area contributed by atoms with E-state index in [1.165, 1.54) is 11.1 Å². The Balaban J connectivity index is 2.02. The fourth-order valence-electron chi connectivity index (χ4n) is 2.78. The fourth-order valence-corrected chi connectivity index (χ4v) is 3.65. The van der Waals surface area contributed by atoms with Gasteiger partial charge in [0.1, 0.15) is 9.84 Å². The molecule has 0 amide bonds. The largest absolute Gasteiger partial charge is 0.229 e. The maximum absolute atomic E-state index is 11.5. The Labute approximate surface area is 115 Å². The number of hydrogen-bond donors (Lipinski definition) is 0. The molecular weight excluding hydrogens is 258 g/mol. The molecule has 0 saturated carbocycles. The van der Waals surface area contributed by atoms with E-state index < -0.39 is 15.3 Å². The van der Waals surface area contributed by atoms with Crippen molar-refractivity contribution in [2.45, 2.75) is 32.6 Å². The van der Waals surface area contributed by atoms with Gasteiger partial charge in [0, 0.05) is 5.75 Å². The highest BCUT2D eigenvalue weighted by Gasteiger charge is 2.36. The minimum absolute atomic E-state index is 0.187. The third kappa shape index (κ3) is 3.16. The Morgan fingerprint density at radius 3 is 2.32 bits per heavy atom. The zero-order valence-electron chi connectivity index (χ0n) is 11.2. The van der Waals surface area contributed by atoms with Crippen LogP contribution in [0.5, 0.6) is 0 Å². The zero-order chi connectivity index (χ0) is 13.9. The van der Waals surface area contributed by atoms with Crippen LogP contribution in [-0.4, -0.2) is 19.9 Å². The van der Waals surface area contributed by atoms with Crippen LogP contribution in [0.15, 0.2) is 24.3 Å². The van der Waals surface area contributed by atoms with Crippen molar-refractivity contribution in [3.63, 3.8) is 0 Å². The Morgan fingerprint density at radius 1 is 1.26 bits per heavy atom. The van der Waals surface area contributed by atoms with E-state index in [4.69, 9.17) is 0 Å². The molecule has 1 aliphatic rings. The highest BCUT2D eigenvalue weighted by molar-refractivity contribution is 7.91. The molecule has 102 valence electrons. The number of fused-ring (bicyclic) bond motifs is 1. The lowest BCUT2D eigenvalue weighted by atomic mass is 9.82. The van der Waals surface area contributed by atoms with Crippen LogP contribution in [0, 0.1) is 16.7 Å². The van der Waals surface area contributed by atoms with Gasteiger partial charge >= 0.3 is 0 Å². The van der Waals surface area contributed by atoms with E-state index in [-0.39, 0.29) is 11.5 Å². The first-order valence-electron chi connectivity index (χ1n) is 6.69. The Morgan fingerprint density at radius 2 is 1.84 bits per heavy atom. The van der Waals surface area contributed by atoms with Gasteiger partial charge in [0.25, 0.3) is 0 Å². The first kappa shape index (κ1) is 14.1. The fraction of sp³-hybridized carbons (Fsp3) is 0.533. The Hall–Kier alpha value is -1.34. The molecule has 0 unspecified atom stereocenters. The summed E-state index contributed by atoms with van der Waals surface area (Å²) in [6.07, 6.45) is 2.76. The van der Waals surface area contributed by atoms with Gasteiger partial charge in [-0.3, -0.25) is 0 Å². The number of nitrogens with zero attached hydrogens (tertiary/aromatic N) is 1. The van der Waals surface area contributed by atoms with Crippen molar-refractivity contribution < 1.29 is 8.42 Å². The van der Waals surface area contributed by atoms with Crippen molar-refractivity contribution in [2.75, 3.05) is 11.5 Å². The van der Waals surface area contributed by atoms with E-state index >= 15 is 0 Å². The molecule has 0 aliphatic heterocycles. The number of nitriles is 1. The van der Waals surface area contributed by atoms with Gasteiger partial charge in [0.15, 0.2) is 0 Å². The zero-order valence-corrected chi connectivity index (χ0v) is 12.0. The third-order valence-electron chi connectivity index (χ3n) is 3.96. The van der Waals surface area contributed by atoms with Crippen molar-refractivity contribution in [3.05, 3.63) is 35.4 Å². The first-order valence-corrected chi connectivity index (χ1v) is 8.51. The summed E-state index contributed by atoms with van der Waals surface area (Å²) in [7, 11) is -2.92. The van der Waals surface area contributed by atoms with Crippen LogP contribution >= 0.6 is 0 Å². The van der Waals surface area contributed by atoms with Crippen LogP contribution in [0.2, 0.25) is 0 Å². The van der Waals surface area contributed by atoms with E-state index in [0.29, 0.717) is 12.8 Å². The molecule has 0 saturated heterocycles. The average molecular weight is 277 g/mol. The van der Waals surface area contributed by atoms with Crippen LogP contribution in [0.3, 0.4) is 0 Å². The van der Waals surface area contributed by atoms with Crippen LogP contribution in [0.25, 0.3) is 0 Å². The van der Waals surface area contributed by atoms with Crippen molar-refractivity contribution in [2.24, 2.45) is 5.41 Å². The van der Waals surface area contributed by atoms with Crippen molar-refractivity contribution >= 4 is 9.84 Å². The molecule has 19 heavy (non-hydrogen) atoms. The maximum atomic E-state index is 11.5. The van der Waals surface area contributed by atoms with Gasteiger partial charge in [-0.1, -0.05) is 31.2 Å². The van der Waals surface area contributed by atoms with Gasteiger partial charge in [-0.05, 0) is 36.8 Å². The molecule has 0 spiro atoms. The topological polar surface area (TPSA) is 57.9 Å². The van der Waals surface area contributed by atoms with Crippen LogP contribution in [0.4, 0.5) is 0 Å². The first-order chi connectivity index (χ1) is 9.00. The van der Waals surface area contributed by atoms with Gasteiger partial charge in [-0.15, -0.1) is 0 Å². The molecule has 0 atom stereocenters. The predicted octanol–water partition coefficient (Wildman–Crippen LogP) is 2.51. The van der Waals surface area contributed by atoms with E-state index in [1.54, 1.807) is 6.92 Å². The smallest absolute Gasteiger partial charge is 0.150 e. The number of hydrogen-bond acceptors (Lipinski definition) is 3. The Kier molecular flexibility index (Phi) is 3.96. The lowest BCUT2D eigenvalue weighted by Crippen LogP contribution is -2.21. The molecule has 2 rings (SSSR count). The lowest BCUT2D eigenvalue weighted by Gasteiger charge is -2.19. The lowest BCUT2D eigenvalue weighted by molar-refractivity contribution is 0.381. The molecule has 1 aromatic rings. The van der Waals surface area contributed by atoms with Gasteiger partial charge in [0.2, 0.25) is 0 Å². The van der Waals surface area contributed by atoms with E-state index in [0.717, 1.165) is 12.8 Å². The molecule has 0 bridgehead atoms. The molecule has 1 aromatic carbocycles. The number of sulfone groups is 1. The summed E-state index contributed by atoms with van der Waals surface area (Å²) >= 11 is 0. The monoisotopic (exact) mass is 277 g/mol. The van der Waals surface area contributed by atoms with Crippen molar-refractivity contribution in [1.29, 1.82) is 5.26 Å². The van der Waals surface area contributed by atoms with Crippen molar-refractivity contribution in [3.8, 4) is 6.07 Å². The normalized spacial score (nSPS) is 16.8. The van der Waals surface area contributed by atoms with Crippen LogP contribution < -0.4 is 0 Å². The quantitative estimate of drug-likeness (QED) is 0.831. The van der Waals surface area contributed by atoms with E-state index in [2.05, 4.69) is 18.2 Å². The number of benzene rings is 1. The van der Waals surface area contributed by atoms with E-state index in [9.17, 15) is 13.7 Å². The second-order valence-electron chi connectivity index (χ2n) is 5.35. The summed E-state index contributed by atoms with van der Waals surface area (Å²) in [6, 6.07) is 10.6. The molecule has 1 aliphatic carbocycles. The highest BCUT2D eigenvalue weighted by Crippen LogP contribution is 2.40. The summed E-state index contributed by atoms with van der Waals surface area (Å²) in [5, 5.41) is 9.48. The second-order valence-corrected chi connectivity index (χ2v) is 7.83. The molecular formula is C15H19NO2S. The summed E-state index contributed by atoms with van der Waals surface area (Å²) in [4.78, 5) is 0. The summed E-state index contributed by atoms with van der Waals surface area (Å²) < 4.78 is 23.0.